The van der Waals surface area contributed by atoms with Crippen molar-refractivity contribution in [1.82, 2.24) is 20.2 Å². The van der Waals surface area contributed by atoms with Gasteiger partial charge in [-0.3, -0.25) is 9.59 Å². The molecule has 2 amide bonds. The Bertz CT molecular complexity index is 378. The van der Waals surface area contributed by atoms with Crippen LogP contribution in [-0.2, 0) is 16.1 Å². The van der Waals surface area contributed by atoms with E-state index in [1.165, 1.54) is 11.8 Å². The summed E-state index contributed by atoms with van der Waals surface area (Å²) in [5.74, 6) is 0.369. The maximum absolute atomic E-state index is 11.9. The van der Waals surface area contributed by atoms with E-state index in [0.29, 0.717) is 18.9 Å². The summed E-state index contributed by atoms with van der Waals surface area (Å²) in [4.78, 5) is 31.0. The van der Waals surface area contributed by atoms with Crippen molar-refractivity contribution in [3.8, 4) is 0 Å². The second kappa shape index (κ2) is 7.44. The lowest BCUT2D eigenvalue weighted by molar-refractivity contribution is -0.132. The molecular formula is C11H18N4O3. The van der Waals surface area contributed by atoms with Gasteiger partial charge in [0, 0.05) is 38.8 Å². The molecule has 7 nitrogen and oxygen atoms in total. The van der Waals surface area contributed by atoms with Gasteiger partial charge in [-0.15, -0.1) is 0 Å². The van der Waals surface area contributed by atoms with Crippen molar-refractivity contribution < 1.29 is 14.7 Å². The van der Waals surface area contributed by atoms with Crippen molar-refractivity contribution in [2.24, 2.45) is 0 Å². The minimum absolute atomic E-state index is 0.105. The fourth-order valence-electron chi connectivity index (χ4n) is 1.48. The van der Waals surface area contributed by atoms with Crippen LogP contribution < -0.4 is 5.32 Å². The predicted molar refractivity (Wildman–Crippen MR) is 64.4 cm³/mol. The van der Waals surface area contributed by atoms with Crippen LogP contribution in [-0.4, -0.2) is 51.5 Å². The molecule has 1 aromatic rings. The third-order valence-electron chi connectivity index (χ3n) is 2.33. The van der Waals surface area contributed by atoms with Crippen LogP contribution in [0.5, 0.6) is 0 Å². The third kappa shape index (κ3) is 4.96. The molecule has 1 rings (SSSR count). The second-order valence-corrected chi connectivity index (χ2v) is 3.81. The average Bonchev–Trinajstić information content (AvgIpc) is 2.80. The van der Waals surface area contributed by atoms with Crippen LogP contribution in [0, 0.1) is 0 Å². The fraction of sp³-hybridized carbons (Fsp3) is 0.545. The number of aliphatic hydroxyl groups excluding tert-OH is 1. The topological polar surface area (TPSA) is 98.3 Å². The molecule has 0 unspecified atom stereocenters. The van der Waals surface area contributed by atoms with Gasteiger partial charge in [-0.1, -0.05) is 0 Å². The number of aliphatic hydroxyl groups is 1. The molecule has 0 atom stereocenters. The summed E-state index contributed by atoms with van der Waals surface area (Å²) in [7, 11) is 0. The zero-order valence-electron chi connectivity index (χ0n) is 10.3. The van der Waals surface area contributed by atoms with E-state index in [1.54, 1.807) is 12.4 Å². The molecule has 7 heteroatoms. The van der Waals surface area contributed by atoms with Gasteiger partial charge in [0.1, 0.15) is 5.82 Å². The zero-order valence-corrected chi connectivity index (χ0v) is 10.3. The highest BCUT2D eigenvalue weighted by Crippen LogP contribution is 2.01. The number of aromatic amines is 1. The Kier molecular flexibility index (Phi) is 5.86. The van der Waals surface area contributed by atoms with Gasteiger partial charge in [0.2, 0.25) is 11.8 Å². The van der Waals surface area contributed by atoms with E-state index in [2.05, 4.69) is 15.3 Å². The van der Waals surface area contributed by atoms with Crippen LogP contribution in [0.15, 0.2) is 12.4 Å². The Labute approximate surface area is 105 Å². The lowest BCUT2D eigenvalue weighted by Gasteiger charge is -2.20. The largest absolute Gasteiger partial charge is 0.395 e. The average molecular weight is 254 g/mol. The van der Waals surface area contributed by atoms with Gasteiger partial charge in [0.05, 0.1) is 13.2 Å². The number of nitrogens with zero attached hydrogens (tertiary/aromatic N) is 2. The van der Waals surface area contributed by atoms with E-state index in [1.807, 2.05) is 0 Å². The molecule has 0 fully saturated rings. The lowest BCUT2D eigenvalue weighted by Crippen LogP contribution is -2.35. The number of hydrogen-bond acceptors (Lipinski definition) is 4. The van der Waals surface area contributed by atoms with Crippen molar-refractivity contribution in [1.29, 1.82) is 0 Å². The SMILES string of the molecule is CC(=O)NCCC(=O)N(CCO)Cc1ncc[nH]1. The van der Waals surface area contributed by atoms with Gasteiger partial charge < -0.3 is 20.3 Å². The number of carbonyl (C=O) groups is 2. The molecule has 0 saturated heterocycles. The summed E-state index contributed by atoms with van der Waals surface area (Å²) >= 11 is 0. The van der Waals surface area contributed by atoms with Crippen LogP contribution in [0.2, 0.25) is 0 Å². The van der Waals surface area contributed by atoms with Crippen LogP contribution >= 0.6 is 0 Å². The highest BCUT2D eigenvalue weighted by atomic mass is 16.3. The Hall–Kier alpha value is -1.89. The standard InChI is InChI=1S/C11H18N4O3/c1-9(17)12-3-2-11(18)15(6-7-16)8-10-13-4-5-14-10/h4-5,16H,2-3,6-8H2,1H3,(H,12,17)(H,13,14). The van der Waals surface area contributed by atoms with Gasteiger partial charge in [-0.05, 0) is 0 Å². The number of H-pyrrole nitrogens is 1. The van der Waals surface area contributed by atoms with Crippen LogP contribution in [0.1, 0.15) is 19.2 Å². The molecule has 0 aliphatic rings. The predicted octanol–water partition coefficient (Wildman–Crippen LogP) is -0.743. The summed E-state index contributed by atoms with van der Waals surface area (Å²) in [6, 6.07) is 0. The first-order valence-corrected chi connectivity index (χ1v) is 5.75. The molecule has 1 heterocycles. The number of nitrogens with one attached hydrogen (secondary N) is 2. The van der Waals surface area contributed by atoms with E-state index in [9.17, 15) is 9.59 Å². The number of aromatic nitrogens is 2. The number of rotatable bonds is 7. The number of carbonyl (C=O) groups excluding carboxylic acids is 2. The Morgan fingerprint density at radius 3 is 2.89 bits per heavy atom. The quantitative estimate of drug-likeness (QED) is 0.596. The maximum atomic E-state index is 11.9. The molecule has 0 aromatic carbocycles. The van der Waals surface area contributed by atoms with Gasteiger partial charge in [-0.25, -0.2) is 4.98 Å². The molecular weight excluding hydrogens is 236 g/mol. The molecule has 3 N–H and O–H groups in total. The molecule has 18 heavy (non-hydrogen) atoms. The molecule has 0 saturated carbocycles. The molecule has 0 aliphatic heterocycles. The molecule has 0 spiro atoms. The normalized spacial score (nSPS) is 10.1. The third-order valence-corrected chi connectivity index (χ3v) is 2.33. The second-order valence-electron chi connectivity index (χ2n) is 3.81. The van der Waals surface area contributed by atoms with Crippen LogP contribution in [0.3, 0.4) is 0 Å². The van der Waals surface area contributed by atoms with Crippen molar-refractivity contribution in [3.63, 3.8) is 0 Å². The summed E-state index contributed by atoms with van der Waals surface area (Å²) in [6.45, 7) is 2.17. The number of imidazole rings is 1. The van der Waals surface area contributed by atoms with E-state index in [-0.39, 0.29) is 31.4 Å². The van der Waals surface area contributed by atoms with E-state index >= 15 is 0 Å². The first-order valence-electron chi connectivity index (χ1n) is 5.75. The lowest BCUT2D eigenvalue weighted by atomic mass is 10.3. The minimum Gasteiger partial charge on any atom is -0.395 e. The molecule has 100 valence electrons. The summed E-state index contributed by atoms with van der Waals surface area (Å²) < 4.78 is 0. The van der Waals surface area contributed by atoms with Gasteiger partial charge in [-0.2, -0.15) is 0 Å². The highest BCUT2D eigenvalue weighted by Gasteiger charge is 2.14. The van der Waals surface area contributed by atoms with Gasteiger partial charge in [0.15, 0.2) is 0 Å². The van der Waals surface area contributed by atoms with Crippen molar-refractivity contribution in [2.45, 2.75) is 19.9 Å². The minimum atomic E-state index is -0.164. The molecule has 0 radical (unpaired) electrons. The first kappa shape index (κ1) is 14.2. The van der Waals surface area contributed by atoms with Crippen molar-refractivity contribution >= 4 is 11.8 Å². The Morgan fingerprint density at radius 2 is 2.33 bits per heavy atom. The summed E-state index contributed by atoms with van der Waals surface area (Å²) in [6.07, 6.45) is 3.49. The molecule has 1 aromatic heterocycles. The Balaban J connectivity index is 2.44. The summed E-state index contributed by atoms with van der Waals surface area (Å²) in [5, 5.41) is 11.5. The molecule has 0 bridgehead atoms. The fourth-order valence-corrected chi connectivity index (χ4v) is 1.48. The number of hydrogen-bond donors (Lipinski definition) is 3. The molecule has 0 aliphatic carbocycles. The maximum Gasteiger partial charge on any atom is 0.224 e. The monoisotopic (exact) mass is 254 g/mol. The number of amides is 2. The Morgan fingerprint density at radius 1 is 1.56 bits per heavy atom. The van der Waals surface area contributed by atoms with E-state index in [4.69, 9.17) is 5.11 Å². The van der Waals surface area contributed by atoms with Crippen molar-refractivity contribution in [3.05, 3.63) is 18.2 Å². The van der Waals surface area contributed by atoms with Crippen molar-refractivity contribution in [2.75, 3.05) is 19.7 Å². The zero-order chi connectivity index (χ0) is 13.4. The van der Waals surface area contributed by atoms with Crippen LogP contribution in [0.4, 0.5) is 0 Å². The smallest absolute Gasteiger partial charge is 0.224 e. The first-order chi connectivity index (χ1) is 8.63. The highest BCUT2D eigenvalue weighted by molar-refractivity contribution is 5.78. The van der Waals surface area contributed by atoms with E-state index < -0.39 is 0 Å². The van der Waals surface area contributed by atoms with E-state index in [0.717, 1.165) is 0 Å². The van der Waals surface area contributed by atoms with Gasteiger partial charge in [0.25, 0.3) is 0 Å². The van der Waals surface area contributed by atoms with Crippen LogP contribution in [0.25, 0.3) is 0 Å². The summed E-state index contributed by atoms with van der Waals surface area (Å²) in [5.41, 5.74) is 0. The van der Waals surface area contributed by atoms with Gasteiger partial charge >= 0.3 is 0 Å².